The fourth-order valence-corrected chi connectivity index (χ4v) is 2.72. The lowest BCUT2D eigenvalue weighted by Crippen LogP contribution is -2.10. The predicted molar refractivity (Wildman–Crippen MR) is 86.9 cm³/mol. The number of hydrogen-bond donors (Lipinski definition) is 1. The molecular weight excluding hydrogens is 296 g/mol. The number of thioether (sulfide) groups is 1. The number of rotatable bonds is 5. The van der Waals surface area contributed by atoms with Gasteiger partial charge in [-0.25, -0.2) is 0 Å². The first kappa shape index (κ1) is 14.4. The lowest BCUT2D eigenvalue weighted by molar-refractivity contribution is 0.0996. The second kappa shape index (κ2) is 6.95. The largest absolute Gasteiger partial charge is 0.459 e. The number of pyridine rings is 1. The lowest BCUT2D eigenvalue weighted by Gasteiger charge is -2.05. The van der Waals surface area contributed by atoms with Crippen LogP contribution in [0.25, 0.3) is 0 Å². The van der Waals surface area contributed by atoms with Gasteiger partial charge in [-0.05, 0) is 48.0 Å². The summed E-state index contributed by atoms with van der Waals surface area (Å²) in [6.45, 7) is 0. The normalized spacial score (nSPS) is 10.4. The summed E-state index contributed by atoms with van der Waals surface area (Å²) in [4.78, 5) is 17.1. The average molecular weight is 310 g/mol. The Hall–Kier alpha value is -2.53. The molecule has 110 valence electrons. The molecule has 0 saturated carbocycles. The number of nitrogens with zero attached hydrogens (tertiary/aromatic N) is 1. The van der Waals surface area contributed by atoms with Crippen LogP contribution in [-0.2, 0) is 5.75 Å². The molecule has 0 spiro atoms. The molecule has 3 rings (SSSR count). The molecule has 0 bridgehead atoms. The molecule has 22 heavy (non-hydrogen) atoms. The topological polar surface area (TPSA) is 55.1 Å². The van der Waals surface area contributed by atoms with Gasteiger partial charge in [0.05, 0.1) is 6.26 Å². The van der Waals surface area contributed by atoms with Gasteiger partial charge in [0, 0.05) is 28.7 Å². The summed E-state index contributed by atoms with van der Waals surface area (Å²) in [6, 6.07) is 15.0. The van der Waals surface area contributed by atoms with Gasteiger partial charge < -0.3 is 9.73 Å². The first-order chi connectivity index (χ1) is 10.8. The summed E-state index contributed by atoms with van der Waals surface area (Å²) in [5, 5.41) is 2.79. The van der Waals surface area contributed by atoms with Gasteiger partial charge >= 0.3 is 0 Å². The molecule has 3 aromatic rings. The molecule has 2 aromatic heterocycles. The van der Waals surface area contributed by atoms with Gasteiger partial charge in [0.1, 0.15) is 0 Å². The van der Waals surface area contributed by atoms with Crippen LogP contribution in [0.2, 0.25) is 0 Å². The van der Waals surface area contributed by atoms with Crippen molar-refractivity contribution in [1.29, 1.82) is 0 Å². The maximum absolute atomic E-state index is 11.9. The second-order valence-electron chi connectivity index (χ2n) is 4.61. The van der Waals surface area contributed by atoms with E-state index in [0.717, 1.165) is 16.3 Å². The van der Waals surface area contributed by atoms with Crippen molar-refractivity contribution in [2.45, 2.75) is 10.6 Å². The number of hydrogen-bond acceptors (Lipinski definition) is 4. The van der Waals surface area contributed by atoms with Gasteiger partial charge in [-0.2, -0.15) is 0 Å². The van der Waals surface area contributed by atoms with E-state index in [-0.39, 0.29) is 5.91 Å². The van der Waals surface area contributed by atoms with Gasteiger partial charge in [-0.3, -0.25) is 9.78 Å². The highest BCUT2D eigenvalue weighted by atomic mass is 32.2. The van der Waals surface area contributed by atoms with Crippen molar-refractivity contribution in [2.75, 3.05) is 5.32 Å². The predicted octanol–water partition coefficient (Wildman–Crippen LogP) is 4.22. The van der Waals surface area contributed by atoms with Crippen LogP contribution in [0.15, 0.2) is 76.5 Å². The van der Waals surface area contributed by atoms with Gasteiger partial charge in [0.15, 0.2) is 5.76 Å². The number of aromatic nitrogens is 1. The minimum absolute atomic E-state index is 0.249. The Bertz CT molecular complexity index is 725. The average Bonchev–Trinajstić information content (AvgIpc) is 3.10. The Morgan fingerprint density at radius 3 is 2.68 bits per heavy atom. The van der Waals surface area contributed by atoms with Crippen molar-refractivity contribution >= 4 is 23.4 Å². The van der Waals surface area contributed by atoms with Crippen molar-refractivity contribution in [2.24, 2.45) is 0 Å². The smallest absolute Gasteiger partial charge is 0.291 e. The minimum atomic E-state index is -0.249. The van der Waals surface area contributed by atoms with E-state index in [1.54, 1.807) is 30.1 Å². The Morgan fingerprint density at radius 2 is 2.00 bits per heavy atom. The summed E-state index contributed by atoms with van der Waals surface area (Å²) < 4.78 is 5.06. The molecular formula is C17H14N2O2S. The zero-order chi connectivity index (χ0) is 15.2. The Morgan fingerprint density at radius 1 is 1.14 bits per heavy atom. The molecule has 0 fully saturated rings. The monoisotopic (exact) mass is 310 g/mol. The second-order valence-corrected chi connectivity index (χ2v) is 5.65. The fourth-order valence-electron chi connectivity index (χ4n) is 1.89. The highest BCUT2D eigenvalue weighted by Crippen LogP contribution is 2.24. The summed E-state index contributed by atoms with van der Waals surface area (Å²) in [7, 11) is 0. The number of anilines is 1. The maximum Gasteiger partial charge on any atom is 0.291 e. The van der Waals surface area contributed by atoms with Crippen LogP contribution in [0.4, 0.5) is 5.69 Å². The molecule has 0 aliphatic carbocycles. The van der Waals surface area contributed by atoms with Crippen molar-refractivity contribution in [3.8, 4) is 0 Å². The van der Waals surface area contributed by atoms with Crippen molar-refractivity contribution < 1.29 is 9.21 Å². The zero-order valence-corrected chi connectivity index (χ0v) is 12.5. The van der Waals surface area contributed by atoms with Crippen LogP contribution in [-0.4, -0.2) is 10.9 Å². The van der Waals surface area contributed by atoms with E-state index in [1.807, 2.05) is 36.5 Å². The third-order valence-electron chi connectivity index (χ3n) is 2.99. The number of carbonyl (C=O) groups is 1. The van der Waals surface area contributed by atoms with E-state index in [2.05, 4.69) is 16.4 Å². The summed E-state index contributed by atoms with van der Waals surface area (Å²) in [5.74, 6) is 0.919. The molecule has 0 radical (unpaired) electrons. The molecule has 0 unspecified atom stereocenters. The van der Waals surface area contributed by atoms with Crippen LogP contribution < -0.4 is 5.32 Å². The van der Waals surface area contributed by atoms with Crippen LogP contribution in [0, 0.1) is 0 Å². The quantitative estimate of drug-likeness (QED) is 0.717. The van der Waals surface area contributed by atoms with Crippen molar-refractivity contribution in [1.82, 2.24) is 4.98 Å². The van der Waals surface area contributed by atoms with E-state index in [0.29, 0.717) is 5.76 Å². The molecule has 4 nitrogen and oxygen atoms in total. The summed E-state index contributed by atoms with van der Waals surface area (Å²) in [6.07, 6.45) is 5.11. The van der Waals surface area contributed by atoms with Crippen LogP contribution in [0.3, 0.4) is 0 Å². The highest BCUT2D eigenvalue weighted by Gasteiger charge is 2.08. The first-order valence-electron chi connectivity index (χ1n) is 6.78. The van der Waals surface area contributed by atoms with E-state index < -0.39 is 0 Å². The van der Waals surface area contributed by atoms with Gasteiger partial charge in [-0.1, -0.05) is 6.07 Å². The Labute approximate surface area is 132 Å². The molecule has 0 atom stereocenters. The molecule has 1 N–H and O–H groups in total. The standard InChI is InChI=1S/C17H14N2O2S/c20-17(16-4-2-10-21-16)19-14-5-7-15(8-6-14)22-12-13-3-1-9-18-11-13/h1-11H,12H2,(H,19,20). The minimum Gasteiger partial charge on any atom is -0.459 e. The van der Waals surface area contributed by atoms with Crippen LogP contribution in [0.5, 0.6) is 0 Å². The first-order valence-corrected chi connectivity index (χ1v) is 7.76. The molecule has 1 aromatic carbocycles. The van der Waals surface area contributed by atoms with E-state index >= 15 is 0 Å². The molecule has 0 aliphatic heterocycles. The molecule has 5 heteroatoms. The van der Waals surface area contributed by atoms with Gasteiger partial charge in [0.25, 0.3) is 5.91 Å². The number of amides is 1. The number of benzene rings is 1. The number of furan rings is 1. The van der Waals surface area contributed by atoms with Gasteiger partial charge in [-0.15, -0.1) is 11.8 Å². The highest BCUT2D eigenvalue weighted by molar-refractivity contribution is 7.98. The molecule has 0 saturated heterocycles. The van der Waals surface area contributed by atoms with Crippen molar-refractivity contribution in [3.63, 3.8) is 0 Å². The van der Waals surface area contributed by atoms with E-state index in [1.165, 1.54) is 11.8 Å². The van der Waals surface area contributed by atoms with Crippen molar-refractivity contribution in [3.05, 3.63) is 78.5 Å². The van der Waals surface area contributed by atoms with E-state index in [9.17, 15) is 4.79 Å². The zero-order valence-electron chi connectivity index (χ0n) is 11.7. The fraction of sp³-hybridized carbons (Fsp3) is 0.0588. The summed E-state index contributed by atoms with van der Waals surface area (Å²) in [5.41, 5.74) is 1.93. The van der Waals surface area contributed by atoms with Gasteiger partial charge in [0.2, 0.25) is 0 Å². The number of nitrogens with one attached hydrogen (secondary N) is 1. The van der Waals surface area contributed by atoms with E-state index in [4.69, 9.17) is 4.42 Å². The molecule has 1 amide bonds. The van der Waals surface area contributed by atoms with Crippen LogP contribution >= 0.6 is 11.8 Å². The molecule has 2 heterocycles. The SMILES string of the molecule is O=C(Nc1ccc(SCc2cccnc2)cc1)c1ccco1. The third kappa shape index (κ3) is 3.77. The third-order valence-corrected chi connectivity index (χ3v) is 4.07. The Balaban J connectivity index is 1.57. The summed E-state index contributed by atoms with van der Waals surface area (Å²) >= 11 is 1.73. The van der Waals surface area contributed by atoms with Crippen LogP contribution in [0.1, 0.15) is 16.1 Å². The Kier molecular flexibility index (Phi) is 4.56. The maximum atomic E-state index is 11.9. The molecule has 0 aliphatic rings. The number of carbonyl (C=O) groups excluding carboxylic acids is 1. The lowest BCUT2D eigenvalue weighted by atomic mass is 10.3.